The van der Waals surface area contributed by atoms with Crippen molar-refractivity contribution >= 4 is 22.8 Å². The number of hydrogen-bond acceptors (Lipinski definition) is 7. The van der Waals surface area contributed by atoms with Gasteiger partial charge in [-0.2, -0.15) is 0 Å². The Morgan fingerprint density at radius 1 is 1.11 bits per heavy atom. The third-order valence-corrected chi connectivity index (χ3v) is 8.16. The summed E-state index contributed by atoms with van der Waals surface area (Å²) in [6.45, 7) is 4.73. The predicted molar refractivity (Wildman–Crippen MR) is 140 cm³/mol. The Morgan fingerprint density at radius 3 is 2.65 bits per heavy atom. The number of fused-ring (bicyclic) bond motifs is 1. The van der Waals surface area contributed by atoms with E-state index in [0.29, 0.717) is 22.5 Å². The van der Waals surface area contributed by atoms with Crippen LogP contribution in [0.5, 0.6) is 0 Å². The van der Waals surface area contributed by atoms with Crippen molar-refractivity contribution in [3.63, 3.8) is 0 Å². The lowest BCUT2D eigenvalue weighted by atomic mass is 9.86. The highest BCUT2D eigenvalue weighted by atomic mass is 35.5. The lowest BCUT2D eigenvalue weighted by Gasteiger charge is -2.29. The van der Waals surface area contributed by atoms with E-state index in [1.54, 1.807) is 0 Å². The second kappa shape index (κ2) is 10.4. The van der Waals surface area contributed by atoms with Crippen LogP contribution in [0.1, 0.15) is 63.6 Å². The molecule has 4 aromatic rings. The molecule has 4 heterocycles. The van der Waals surface area contributed by atoms with Crippen LogP contribution in [0.4, 0.5) is 0 Å². The van der Waals surface area contributed by atoms with Gasteiger partial charge in [0.05, 0.1) is 0 Å². The second-order valence-corrected chi connectivity index (χ2v) is 10.8. The number of aromatic nitrogens is 6. The van der Waals surface area contributed by atoms with Gasteiger partial charge in [0.25, 0.3) is 0 Å². The smallest absolute Gasteiger partial charge is 0.381 e. The highest BCUT2D eigenvalue weighted by Crippen LogP contribution is 2.38. The monoisotopic (exact) mass is 522 g/mol. The van der Waals surface area contributed by atoms with Crippen LogP contribution in [-0.2, 0) is 11.3 Å². The summed E-state index contributed by atoms with van der Waals surface area (Å²) in [5.74, 6) is 2.15. The van der Waals surface area contributed by atoms with Crippen LogP contribution >= 0.6 is 11.6 Å². The van der Waals surface area contributed by atoms with Crippen LogP contribution < -0.4 is 5.76 Å². The first-order valence-corrected chi connectivity index (χ1v) is 13.6. The van der Waals surface area contributed by atoms with Crippen molar-refractivity contribution in [2.24, 2.45) is 11.8 Å². The van der Waals surface area contributed by atoms with Gasteiger partial charge < -0.3 is 9.30 Å². The average Bonchev–Trinajstić information content (AvgIpc) is 3.52. The number of H-pyrrole nitrogens is 1. The third-order valence-electron chi connectivity index (χ3n) is 7.93. The van der Waals surface area contributed by atoms with Crippen LogP contribution in [0.2, 0.25) is 5.02 Å². The molecular weight excluding hydrogens is 492 g/mol. The maximum Gasteiger partial charge on any atom is 0.439 e. The molecule has 1 saturated carbocycles. The molecule has 0 radical (unpaired) electrons. The number of nitrogens with one attached hydrogen (secondary N) is 1. The highest BCUT2D eigenvalue weighted by molar-refractivity contribution is 6.30. The highest BCUT2D eigenvalue weighted by Gasteiger charge is 2.30. The maximum absolute atomic E-state index is 11.7. The molecule has 0 amide bonds. The molecule has 10 heteroatoms. The van der Waals surface area contributed by atoms with E-state index in [9.17, 15) is 4.79 Å². The fourth-order valence-electron chi connectivity index (χ4n) is 5.91. The van der Waals surface area contributed by atoms with E-state index in [2.05, 4.69) is 21.6 Å². The quantitative estimate of drug-likeness (QED) is 0.350. The Bertz CT molecular complexity index is 1450. The fourth-order valence-corrected chi connectivity index (χ4v) is 6.10. The molecule has 1 saturated heterocycles. The SMILES string of the molecule is CC(c1nc2nc(-c3noc(=O)[nH]3)nc(-c3cccc(Cl)c3)c2n1CC1CCCCC1)C1CCOCC1. The summed E-state index contributed by atoms with van der Waals surface area (Å²) in [4.78, 5) is 29.1. The van der Waals surface area contributed by atoms with Gasteiger partial charge in [0.1, 0.15) is 17.0 Å². The minimum Gasteiger partial charge on any atom is -0.381 e. The molecule has 6 rings (SSSR count). The first-order chi connectivity index (χ1) is 18.1. The Balaban J connectivity index is 1.57. The molecule has 1 atom stereocenters. The van der Waals surface area contributed by atoms with Crippen molar-refractivity contribution in [1.29, 1.82) is 0 Å². The van der Waals surface area contributed by atoms with E-state index in [1.807, 2.05) is 24.3 Å². The van der Waals surface area contributed by atoms with Gasteiger partial charge in [-0.1, -0.05) is 55.1 Å². The zero-order valence-electron chi connectivity index (χ0n) is 21.0. The van der Waals surface area contributed by atoms with Gasteiger partial charge in [-0.25, -0.2) is 19.7 Å². The van der Waals surface area contributed by atoms with Crippen molar-refractivity contribution in [2.75, 3.05) is 13.2 Å². The number of aromatic amines is 1. The summed E-state index contributed by atoms with van der Waals surface area (Å²) in [7, 11) is 0. The molecule has 1 aliphatic carbocycles. The van der Waals surface area contributed by atoms with E-state index < -0.39 is 5.76 Å². The van der Waals surface area contributed by atoms with Crippen molar-refractivity contribution in [3.8, 4) is 22.9 Å². The summed E-state index contributed by atoms with van der Waals surface area (Å²) >= 11 is 6.41. The van der Waals surface area contributed by atoms with Gasteiger partial charge in [0.15, 0.2) is 5.65 Å². The molecule has 9 nitrogen and oxygen atoms in total. The number of benzene rings is 1. The van der Waals surface area contributed by atoms with E-state index in [1.165, 1.54) is 32.1 Å². The Hall–Kier alpha value is -3.04. The molecule has 37 heavy (non-hydrogen) atoms. The zero-order chi connectivity index (χ0) is 25.4. The number of rotatable bonds is 6. The zero-order valence-corrected chi connectivity index (χ0v) is 21.7. The van der Waals surface area contributed by atoms with Crippen LogP contribution in [-0.4, -0.2) is 42.9 Å². The van der Waals surface area contributed by atoms with Crippen molar-refractivity contribution < 1.29 is 9.26 Å². The predicted octanol–water partition coefficient (Wildman–Crippen LogP) is 5.60. The van der Waals surface area contributed by atoms with Crippen LogP contribution in [0, 0.1) is 11.8 Å². The normalized spacial score (nSPS) is 18.4. The van der Waals surface area contributed by atoms with Gasteiger partial charge in [-0.3, -0.25) is 9.51 Å². The minimum absolute atomic E-state index is 0.177. The minimum atomic E-state index is -0.653. The maximum atomic E-state index is 11.7. The number of hydrogen-bond donors (Lipinski definition) is 1. The number of ether oxygens (including phenoxy) is 1. The Kier molecular flexibility index (Phi) is 6.82. The molecular formula is C27H31ClN6O3. The summed E-state index contributed by atoms with van der Waals surface area (Å²) in [5.41, 5.74) is 3.08. The molecule has 1 N–H and O–H groups in total. The van der Waals surface area contributed by atoms with Gasteiger partial charge >= 0.3 is 5.76 Å². The summed E-state index contributed by atoms with van der Waals surface area (Å²) in [5, 5.41) is 4.45. The molecule has 194 valence electrons. The van der Waals surface area contributed by atoms with Crippen molar-refractivity contribution in [3.05, 3.63) is 45.7 Å². The van der Waals surface area contributed by atoms with Crippen LogP contribution in [0.3, 0.4) is 0 Å². The first kappa shape index (κ1) is 24.3. The number of halogens is 1. The standard InChI is InChI=1S/C27H31ClN6O3/c1-16(18-10-12-36-13-11-18)26-31-23-22(34(26)15-17-6-3-2-4-7-17)21(19-8-5-9-20(28)14-19)29-24(30-23)25-32-27(35)37-33-25/h5,8-9,14,16-18H,2-4,6-7,10-13,15H2,1H3,(H,32,33,35). The fraction of sp³-hybridized carbons (Fsp3) is 0.519. The van der Waals surface area contributed by atoms with Gasteiger partial charge in [0, 0.05) is 36.3 Å². The molecule has 0 bridgehead atoms. The van der Waals surface area contributed by atoms with Crippen molar-refractivity contribution in [1.82, 2.24) is 29.7 Å². The second-order valence-electron chi connectivity index (χ2n) is 10.3. The van der Waals surface area contributed by atoms with E-state index in [4.69, 9.17) is 35.8 Å². The molecule has 1 aliphatic heterocycles. The van der Waals surface area contributed by atoms with Gasteiger partial charge in [-0.05, 0) is 49.7 Å². The molecule has 0 spiro atoms. The lowest BCUT2D eigenvalue weighted by molar-refractivity contribution is 0.0583. The summed E-state index contributed by atoms with van der Waals surface area (Å²) in [6.07, 6.45) is 8.32. The molecule has 1 unspecified atom stereocenters. The van der Waals surface area contributed by atoms with E-state index in [0.717, 1.165) is 55.2 Å². The number of nitrogens with zero attached hydrogens (tertiary/aromatic N) is 5. The molecule has 2 fully saturated rings. The Labute approximate surface area is 219 Å². The molecule has 3 aromatic heterocycles. The topological polar surface area (TPSA) is 112 Å². The van der Waals surface area contributed by atoms with E-state index >= 15 is 0 Å². The van der Waals surface area contributed by atoms with Gasteiger partial charge in [0.2, 0.25) is 11.6 Å². The largest absolute Gasteiger partial charge is 0.439 e. The third kappa shape index (κ3) is 4.94. The average molecular weight is 523 g/mol. The molecule has 1 aromatic carbocycles. The summed E-state index contributed by atoms with van der Waals surface area (Å²) < 4.78 is 12.8. The van der Waals surface area contributed by atoms with Crippen LogP contribution in [0.25, 0.3) is 34.1 Å². The first-order valence-electron chi connectivity index (χ1n) is 13.2. The lowest BCUT2D eigenvalue weighted by Crippen LogP contribution is -2.24. The van der Waals surface area contributed by atoms with Crippen molar-refractivity contribution in [2.45, 2.75) is 64.3 Å². The van der Waals surface area contributed by atoms with Gasteiger partial charge in [-0.15, -0.1) is 0 Å². The van der Waals surface area contributed by atoms with E-state index in [-0.39, 0.29) is 17.6 Å². The molecule has 2 aliphatic rings. The Morgan fingerprint density at radius 2 is 1.92 bits per heavy atom. The number of imidazole rings is 1. The summed E-state index contributed by atoms with van der Waals surface area (Å²) in [6, 6.07) is 7.65. The van der Waals surface area contributed by atoms with Crippen LogP contribution in [0.15, 0.2) is 33.6 Å².